The van der Waals surface area contributed by atoms with Crippen LogP contribution >= 0.6 is 0 Å². The van der Waals surface area contributed by atoms with Crippen molar-refractivity contribution >= 4 is 11.8 Å². The highest BCUT2D eigenvalue weighted by atomic mass is 16.2. The molecule has 3 atom stereocenters. The second-order valence-corrected chi connectivity index (χ2v) is 7.09. The molecule has 1 heterocycles. The van der Waals surface area contributed by atoms with Crippen LogP contribution in [0.4, 0.5) is 0 Å². The number of nitrogens with one attached hydrogen (secondary N) is 1. The number of carbonyl (C=O) groups excluding carboxylic acids is 2. The van der Waals surface area contributed by atoms with E-state index in [9.17, 15) is 9.59 Å². The third-order valence-corrected chi connectivity index (χ3v) is 5.30. The summed E-state index contributed by atoms with van der Waals surface area (Å²) in [4.78, 5) is 28.7. The molecule has 3 unspecified atom stereocenters. The molecule has 2 amide bonds. The monoisotopic (exact) mass is 308 g/mol. The number of nitrogens with zero attached hydrogens (tertiary/aromatic N) is 2. The Bertz CT molecular complexity index is 430. The summed E-state index contributed by atoms with van der Waals surface area (Å²) in [6.07, 6.45) is 4.96. The van der Waals surface area contributed by atoms with Crippen molar-refractivity contribution in [1.82, 2.24) is 15.1 Å². The molecule has 2 aliphatic carbocycles. The van der Waals surface area contributed by atoms with E-state index in [2.05, 4.69) is 10.2 Å². The molecule has 124 valence electrons. The van der Waals surface area contributed by atoms with Crippen molar-refractivity contribution < 1.29 is 9.59 Å². The molecule has 0 bridgehead atoms. The van der Waals surface area contributed by atoms with Gasteiger partial charge in [-0.1, -0.05) is 0 Å². The van der Waals surface area contributed by atoms with Crippen molar-refractivity contribution in [3.8, 4) is 0 Å². The van der Waals surface area contributed by atoms with Gasteiger partial charge in [0.1, 0.15) is 0 Å². The molecule has 3 aliphatic rings. The summed E-state index contributed by atoms with van der Waals surface area (Å²) in [6, 6.07) is 0.503. The highest BCUT2D eigenvalue weighted by Gasteiger charge is 2.34. The van der Waals surface area contributed by atoms with Crippen molar-refractivity contribution in [1.29, 1.82) is 0 Å². The van der Waals surface area contributed by atoms with Crippen LogP contribution < -0.4 is 11.1 Å². The Balaban J connectivity index is 1.45. The smallest absolute Gasteiger partial charge is 0.237 e. The number of nitrogens with two attached hydrogens (primary N) is 1. The molecule has 6 heteroatoms. The van der Waals surface area contributed by atoms with Gasteiger partial charge in [-0.2, -0.15) is 0 Å². The van der Waals surface area contributed by atoms with Crippen LogP contribution in [0.2, 0.25) is 0 Å². The van der Waals surface area contributed by atoms with Crippen molar-refractivity contribution in [2.45, 2.75) is 57.2 Å². The fraction of sp³-hybridized carbons (Fsp3) is 0.875. The lowest BCUT2D eigenvalue weighted by molar-refractivity contribution is -0.138. The van der Waals surface area contributed by atoms with E-state index >= 15 is 0 Å². The standard InChI is InChI=1S/C16H28N4O2/c1-11(15(21)18-14-4-5-14)19-6-8-20(9-7-19)16(22)12-2-3-13(17)10-12/h11-14H,2-10,17H2,1H3,(H,18,21). The van der Waals surface area contributed by atoms with Crippen molar-refractivity contribution in [2.24, 2.45) is 11.7 Å². The number of amides is 2. The number of piperazine rings is 1. The zero-order valence-electron chi connectivity index (χ0n) is 13.5. The van der Waals surface area contributed by atoms with Crippen LogP contribution in [0.1, 0.15) is 39.0 Å². The van der Waals surface area contributed by atoms with E-state index in [4.69, 9.17) is 5.73 Å². The van der Waals surface area contributed by atoms with Crippen LogP contribution in [0.5, 0.6) is 0 Å². The van der Waals surface area contributed by atoms with Gasteiger partial charge in [-0.3, -0.25) is 14.5 Å². The van der Waals surface area contributed by atoms with Gasteiger partial charge < -0.3 is 16.0 Å². The summed E-state index contributed by atoms with van der Waals surface area (Å²) in [5.74, 6) is 0.517. The van der Waals surface area contributed by atoms with Crippen LogP contribution in [-0.2, 0) is 9.59 Å². The van der Waals surface area contributed by atoms with Crippen LogP contribution in [0, 0.1) is 5.92 Å². The molecule has 0 aromatic heterocycles. The summed E-state index contributed by atoms with van der Waals surface area (Å²) in [5, 5.41) is 3.06. The minimum absolute atomic E-state index is 0.0993. The lowest BCUT2D eigenvalue weighted by atomic mass is 10.1. The van der Waals surface area contributed by atoms with E-state index in [-0.39, 0.29) is 29.8 Å². The number of hydrogen-bond donors (Lipinski definition) is 2. The summed E-state index contributed by atoms with van der Waals surface area (Å²) >= 11 is 0. The molecular weight excluding hydrogens is 280 g/mol. The summed E-state index contributed by atoms with van der Waals surface area (Å²) in [6.45, 7) is 4.98. The van der Waals surface area contributed by atoms with Gasteiger partial charge in [-0.15, -0.1) is 0 Å². The topological polar surface area (TPSA) is 78.7 Å². The van der Waals surface area contributed by atoms with Gasteiger partial charge in [-0.05, 0) is 39.0 Å². The van der Waals surface area contributed by atoms with Crippen molar-refractivity contribution in [3.05, 3.63) is 0 Å². The van der Waals surface area contributed by atoms with Gasteiger partial charge >= 0.3 is 0 Å². The summed E-state index contributed by atoms with van der Waals surface area (Å²) in [7, 11) is 0. The van der Waals surface area contributed by atoms with Gasteiger partial charge in [0.05, 0.1) is 6.04 Å². The quantitative estimate of drug-likeness (QED) is 0.762. The first-order valence-corrected chi connectivity index (χ1v) is 8.63. The molecule has 6 nitrogen and oxygen atoms in total. The summed E-state index contributed by atoms with van der Waals surface area (Å²) in [5.41, 5.74) is 5.91. The Morgan fingerprint density at radius 2 is 1.77 bits per heavy atom. The highest BCUT2D eigenvalue weighted by molar-refractivity contribution is 5.82. The van der Waals surface area contributed by atoms with Gasteiger partial charge in [0.25, 0.3) is 0 Å². The summed E-state index contributed by atoms with van der Waals surface area (Å²) < 4.78 is 0. The highest BCUT2D eigenvalue weighted by Crippen LogP contribution is 2.26. The molecule has 3 N–H and O–H groups in total. The molecule has 2 saturated carbocycles. The molecule has 22 heavy (non-hydrogen) atoms. The maximum atomic E-state index is 12.5. The van der Waals surface area contributed by atoms with Crippen molar-refractivity contribution in [3.63, 3.8) is 0 Å². The number of hydrogen-bond acceptors (Lipinski definition) is 4. The van der Waals surface area contributed by atoms with Gasteiger partial charge in [0, 0.05) is 44.2 Å². The molecule has 3 fully saturated rings. The first kappa shape index (κ1) is 15.7. The van der Waals surface area contributed by atoms with Crippen LogP contribution in [0.25, 0.3) is 0 Å². The Morgan fingerprint density at radius 3 is 2.32 bits per heavy atom. The third kappa shape index (κ3) is 3.60. The first-order chi connectivity index (χ1) is 10.5. The van der Waals surface area contributed by atoms with E-state index in [1.807, 2.05) is 11.8 Å². The minimum Gasteiger partial charge on any atom is -0.352 e. The zero-order valence-corrected chi connectivity index (χ0v) is 13.5. The molecule has 0 aromatic rings. The Kier molecular flexibility index (Phi) is 4.68. The largest absolute Gasteiger partial charge is 0.352 e. The Hall–Kier alpha value is -1.14. The second-order valence-electron chi connectivity index (χ2n) is 7.09. The maximum absolute atomic E-state index is 12.5. The maximum Gasteiger partial charge on any atom is 0.237 e. The van der Waals surface area contributed by atoms with Gasteiger partial charge in [-0.25, -0.2) is 0 Å². The van der Waals surface area contributed by atoms with E-state index in [1.54, 1.807) is 0 Å². The van der Waals surface area contributed by atoms with E-state index in [1.165, 1.54) is 0 Å². The van der Waals surface area contributed by atoms with Gasteiger partial charge in [0.2, 0.25) is 11.8 Å². The van der Waals surface area contributed by atoms with Crippen LogP contribution in [0.15, 0.2) is 0 Å². The van der Waals surface area contributed by atoms with Crippen LogP contribution in [-0.4, -0.2) is 65.9 Å². The average molecular weight is 308 g/mol. The predicted octanol–water partition coefficient (Wildman–Crippen LogP) is -0.0749. The molecule has 0 aromatic carbocycles. The first-order valence-electron chi connectivity index (χ1n) is 8.63. The van der Waals surface area contributed by atoms with Crippen molar-refractivity contribution in [2.75, 3.05) is 26.2 Å². The number of rotatable bonds is 4. The SMILES string of the molecule is CC(C(=O)NC1CC1)N1CCN(C(=O)C2CCC(N)C2)CC1. The molecule has 0 spiro atoms. The van der Waals surface area contributed by atoms with E-state index < -0.39 is 0 Å². The normalized spacial score (nSPS) is 31.1. The molecule has 1 aliphatic heterocycles. The number of carbonyl (C=O) groups is 2. The molecule has 0 radical (unpaired) electrons. The van der Waals surface area contributed by atoms with E-state index in [0.29, 0.717) is 6.04 Å². The lowest BCUT2D eigenvalue weighted by Gasteiger charge is -2.38. The Morgan fingerprint density at radius 1 is 1.09 bits per heavy atom. The lowest BCUT2D eigenvalue weighted by Crippen LogP contribution is -2.55. The third-order valence-electron chi connectivity index (χ3n) is 5.30. The fourth-order valence-corrected chi connectivity index (χ4v) is 3.54. The minimum atomic E-state index is -0.0993. The fourth-order valence-electron chi connectivity index (χ4n) is 3.54. The van der Waals surface area contributed by atoms with Gasteiger partial charge in [0.15, 0.2) is 0 Å². The Labute approximate surface area is 132 Å². The van der Waals surface area contributed by atoms with Crippen LogP contribution in [0.3, 0.4) is 0 Å². The average Bonchev–Trinajstić information content (AvgIpc) is 3.24. The molecule has 3 rings (SSSR count). The molecule has 1 saturated heterocycles. The zero-order chi connectivity index (χ0) is 15.7. The molecular formula is C16H28N4O2. The predicted molar refractivity (Wildman–Crippen MR) is 84.1 cm³/mol. The second kappa shape index (κ2) is 6.54. The van der Waals surface area contributed by atoms with E-state index in [0.717, 1.165) is 58.3 Å².